The van der Waals surface area contributed by atoms with E-state index in [1.165, 1.54) is 0 Å². The van der Waals surface area contributed by atoms with E-state index < -0.39 is 5.97 Å². The average Bonchev–Trinajstić information content (AvgIpc) is 2.62. The molecule has 24 heavy (non-hydrogen) atoms. The van der Waals surface area contributed by atoms with Crippen molar-refractivity contribution in [3.63, 3.8) is 0 Å². The first-order chi connectivity index (χ1) is 11.6. The van der Waals surface area contributed by atoms with Gasteiger partial charge >= 0.3 is 11.9 Å². The van der Waals surface area contributed by atoms with Crippen LogP contribution < -0.4 is 4.74 Å². The van der Waals surface area contributed by atoms with Crippen molar-refractivity contribution >= 4 is 11.9 Å². The van der Waals surface area contributed by atoms with Crippen LogP contribution in [0, 0.1) is 17.2 Å². The normalized spacial score (nSPS) is 19.8. The van der Waals surface area contributed by atoms with Crippen LogP contribution in [0.1, 0.15) is 31.2 Å². The lowest BCUT2D eigenvalue weighted by Crippen LogP contribution is -2.29. The second-order valence-electron chi connectivity index (χ2n) is 5.48. The zero-order valence-electron chi connectivity index (χ0n) is 13.3. The average molecular weight is 329 g/mol. The number of carbonyl (C=O) groups is 2. The molecule has 0 amide bonds. The summed E-state index contributed by atoms with van der Waals surface area (Å²) in [5.41, 5.74) is 0.518. The molecule has 0 bridgehead atoms. The molecule has 0 N–H and O–H groups in total. The van der Waals surface area contributed by atoms with E-state index in [1.807, 2.05) is 6.07 Å². The minimum Gasteiger partial charge on any atom is -0.435 e. The number of hydrogen-bond donors (Lipinski definition) is 0. The lowest BCUT2D eigenvalue weighted by atomic mass is 9.87. The molecule has 0 aromatic heterocycles. The lowest BCUT2D eigenvalue weighted by molar-refractivity contribution is -0.157. The second kappa shape index (κ2) is 8.85. The van der Waals surface area contributed by atoms with Crippen LogP contribution in [0.2, 0.25) is 0 Å². The van der Waals surface area contributed by atoms with Crippen molar-refractivity contribution in [2.24, 2.45) is 5.92 Å². The summed E-state index contributed by atoms with van der Waals surface area (Å²) in [5, 5.41) is 8.74. The highest BCUT2D eigenvalue weighted by atomic mass is 16.7. The summed E-state index contributed by atoms with van der Waals surface area (Å²) in [6.07, 6.45) is 3.79. The van der Waals surface area contributed by atoms with E-state index >= 15 is 0 Å². The first-order valence-electron chi connectivity index (χ1n) is 7.75. The molecule has 0 heterocycles. The van der Waals surface area contributed by atoms with E-state index in [2.05, 4.69) is 6.58 Å². The molecule has 1 saturated carbocycles. The third-order valence-corrected chi connectivity index (χ3v) is 3.88. The SMILES string of the molecule is C=CC(=O)OCOC1CCC(C(=O)Oc2ccc(C#N)cc2)CC1. The number of esters is 2. The summed E-state index contributed by atoms with van der Waals surface area (Å²) in [6.45, 7) is 3.20. The molecule has 0 atom stereocenters. The van der Waals surface area contributed by atoms with E-state index in [4.69, 9.17) is 19.5 Å². The number of nitriles is 1. The summed E-state index contributed by atoms with van der Waals surface area (Å²) in [6, 6.07) is 8.45. The van der Waals surface area contributed by atoms with Crippen molar-refractivity contribution in [1.82, 2.24) is 0 Å². The van der Waals surface area contributed by atoms with Crippen molar-refractivity contribution in [1.29, 1.82) is 5.26 Å². The van der Waals surface area contributed by atoms with E-state index in [-0.39, 0.29) is 24.8 Å². The fourth-order valence-electron chi connectivity index (χ4n) is 2.51. The monoisotopic (exact) mass is 329 g/mol. The predicted octanol–water partition coefficient (Wildman–Crippen LogP) is 2.73. The molecule has 1 aliphatic rings. The number of rotatable bonds is 6. The topological polar surface area (TPSA) is 85.6 Å². The Morgan fingerprint density at radius 2 is 1.88 bits per heavy atom. The van der Waals surface area contributed by atoms with E-state index in [0.29, 0.717) is 37.0 Å². The van der Waals surface area contributed by atoms with Gasteiger partial charge in [0.25, 0.3) is 0 Å². The Hall–Kier alpha value is -2.65. The van der Waals surface area contributed by atoms with Crippen molar-refractivity contribution in [3.05, 3.63) is 42.5 Å². The van der Waals surface area contributed by atoms with Gasteiger partial charge in [-0.2, -0.15) is 5.26 Å². The highest BCUT2D eigenvalue weighted by molar-refractivity contribution is 5.81. The van der Waals surface area contributed by atoms with Gasteiger partial charge < -0.3 is 14.2 Å². The van der Waals surface area contributed by atoms with Gasteiger partial charge in [-0.3, -0.25) is 4.79 Å². The smallest absolute Gasteiger partial charge is 0.332 e. The van der Waals surface area contributed by atoms with Crippen LogP contribution in [0.3, 0.4) is 0 Å². The van der Waals surface area contributed by atoms with Crippen LogP contribution in [0.15, 0.2) is 36.9 Å². The molecule has 1 fully saturated rings. The minimum absolute atomic E-state index is 0.0263. The van der Waals surface area contributed by atoms with Gasteiger partial charge in [0.05, 0.1) is 23.7 Å². The molecule has 0 saturated heterocycles. The molecule has 0 unspecified atom stereocenters. The summed E-state index contributed by atoms with van der Waals surface area (Å²) in [7, 11) is 0. The van der Waals surface area contributed by atoms with Crippen LogP contribution in [0.4, 0.5) is 0 Å². The maximum atomic E-state index is 12.2. The van der Waals surface area contributed by atoms with Crippen molar-refractivity contribution in [2.45, 2.75) is 31.8 Å². The Morgan fingerprint density at radius 3 is 2.46 bits per heavy atom. The molecule has 1 aromatic rings. The minimum atomic E-state index is -0.519. The Kier molecular flexibility index (Phi) is 6.52. The first-order valence-corrected chi connectivity index (χ1v) is 7.75. The van der Waals surface area contributed by atoms with Crippen LogP contribution in [-0.4, -0.2) is 24.8 Å². The summed E-state index contributed by atoms with van der Waals surface area (Å²) >= 11 is 0. The number of nitrogens with zero attached hydrogens (tertiary/aromatic N) is 1. The van der Waals surface area contributed by atoms with Crippen LogP contribution in [0.5, 0.6) is 5.75 Å². The molecule has 1 aromatic carbocycles. The maximum absolute atomic E-state index is 12.2. The molecule has 6 heteroatoms. The summed E-state index contributed by atoms with van der Waals surface area (Å²) in [5.74, 6) is -0.518. The van der Waals surface area contributed by atoms with Gasteiger partial charge in [-0.1, -0.05) is 6.58 Å². The molecule has 126 valence electrons. The van der Waals surface area contributed by atoms with Gasteiger partial charge in [0.1, 0.15) is 5.75 Å². The quantitative estimate of drug-likeness (QED) is 0.345. The standard InChI is InChI=1S/C18H19NO5/c1-2-17(20)23-12-22-15-9-5-14(6-10-15)18(21)24-16-7-3-13(11-19)4-8-16/h2-4,7-8,14-15H,1,5-6,9-10,12H2. The molecule has 6 nitrogen and oxygen atoms in total. The number of benzene rings is 1. The molecular formula is C18H19NO5. The summed E-state index contributed by atoms with van der Waals surface area (Å²) < 4.78 is 15.6. The lowest BCUT2D eigenvalue weighted by Gasteiger charge is -2.26. The summed E-state index contributed by atoms with van der Waals surface area (Å²) in [4.78, 5) is 23.1. The number of hydrogen-bond acceptors (Lipinski definition) is 6. The molecule has 0 radical (unpaired) electrons. The van der Waals surface area contributed by atoms with E-state index in [1.54, 1.807) is 24.3 Å². The van der Waals surface area contributed by atoms with Crippen molar-refractivity contribution in [2.75, 3.05) is 6.79 Å². The van der Waals surface area contributed by atoms with Gasteiger partial charge in [-0.05, 0) is 49.9 Å². The Labute approximate surface area is 140 Å². The van der Waals surface area contributed by atoms with Crippen LogP contribution >= 0.6 is 0 Å². The predicted molar refractivity (Wildman–Crippen MR) is 84.8 cm³/mol. The number of ether oxygens (including phenoxy) is 3. The highest BCUT2D eigenvalue weighted by Crippen LogP contribution is 2.28. The molecule has 0 aliphatic heterocycles. The van der Waals surface area contributed by atoms with Crippen molar-refractivity contribution in [3.8, 4) is 11.8 Å². The fraction of sp³-hybridized carbons (Fsp3) is 0.389. The first kappa shape index (κ1) is 17.7. The van der Waals surface area contributed by atoms with E-state index in [0.717, 1.165) is 6.08 Å². The molecule has 2 rings (SSSR count). The third-order valence-electron chi connectivity index (χ3n) is 3.88. The zero-order valence-corrected chi connectivity index (χ0v) is 13.3. The highest BCUT2D eigenvalue weighted by Gasteiger charge is 2.28. The molecular weight excluding hydrogens is 310 g/mol. The third kappa shape index (κ3) is 5.21. The van der Waals surface area contributed by atoms with Gasteiger partial charge in [-0.25, -0.2) is 4.79 Å². The second-order valence-corrected chi connectivity index (χ2v) is 5.48. The largest absolute Gasteiger partial charge is 0.435 e. The van der Waals surface area contributed by atoms with Gasteiger partial charge in [0.15, 0.2) is 6.79 Å². The van der Waals surface area contributed by atoms with Crippen LogP contribution in [0.25, 0.3) is 0 Å². The molecule has 0 spiro atoms. The molecule has 1 aliphatic carbocycles. The van der Waals surface area contributed by atoms with Crippen molar-refractivity contribution < 1.29 is 23.8 Å². The van der Waals surface area contributed by atoms with E-state index in [9.17, 15) is 9.59 Å². The maximum Gasteiger partial charge on any atom is 0.332 e. The van der Waals surface area contributed by atoms with Gasteiger partial charge in [0, 0.05) is 6.08 Å². The Bertz CT molecular complexity index is 624. The Morgan fingerprint density at radius 1 is 1.21 bits per heavy atom. The fourth-order valence-corrected chi connectivity index (χ4v) is 2.51. The van der Waals surface area contributed by atoms with Gasteiger partial charge in [-0.15, -0.1) is 0 Å². The number of carbonyl (C=O) groups excluding carboxylic acids is 2. The zero-order chi connectivity index (χ0) is 17.4. The Balaban J connectivity index is 1.73. The van der Waals surface area contributed by atoms with Gasteiger partial charge in [0.2, 0.25) is 0 Å². The van der Waals surface area contributed by atoms with Crippen LogP contribution in [-0.2, 0) is 19.1 Å².